The molecular weight excluding hydrogens is 268 g/mol. The van der Waals surface area contributed by atoms with Crippen molar-refractivity contribution >= 4 is 5.69 Å². The van der Waals surface area contributed by atoms with Crippen molar-refractivity contribution in [2.45, 2.75) is 18.4 Å². The lowest BCUT2D eigenvalue weighted by Gasteiger charge is -2.37. The summed E-state index contributed by atoms with van der Waals surface area (Å²) in [5.74, 6) is 0.157. The van der Waals surface area contributed by atoms with E-state index >= 15 is 0 Å². The Bertz CT molecular complexity index is 706. The van der Waals surface area contributed by atoms with E-state index in [1.165, 1.54) is 18.2 Å². The summed E-state index contributed by atoms with van der Waals surface area (Å²) < 4.78 is 26.7. The van der Waals surface area contributed by atoms with Crippen LogP contribution in [0.25, 0.3) is 0 Å². The number of hydrogen-bond acceptors (Lipinski definition) is 1. The van der Waals surface area contributed by atoms with Gasteiger partial charge in [-0.2, -0.15) is 0 Å². The third-order valence-corrected chi connectivity index (χ3v) is 4.55. The van der Waals surface area contributed by atoms with Gasteiger partial charge in [0.25, 0.3) is 0 Å². The molecular formula is C18H15F2N. The van der Waals surface area contributed by atoms with E-state index in [1.54, 1.807) is 12.1 Å². The highest BCUT2D eigenvalue weighted by atomic mass is 19.1. The molecule has 1 nitrogen and oxygen atoms in total. The highest BCUT2D eigenvalue weighted by Crippen LogP contribution is 2.49. The first-order valence-electron chi connectivity index (χ1n) is 7.20. The van der Waals surface area contributed by atoms with E-state index in [4.69, 9.17) is 0 Å². The van der Waals surface area contributed by atoms with Gasteiger partial charge in [0.1, 0.15) is 11.6 Å². The molecule has 0 aromatic heterocycles. The summed E-state index contributed by atoms with van der Waals surface area (Å²) in [7, 11) is 0. The van der Waals surface area contributed by atoms with Gasteiger partial charge in [0.2, 0.25) is 0 Å². The van der Waals surface area contributed by atoms with Crippen LogP contribution in [-0.2, 0) is 0 Å². The van der Waals surface area contributed by atoms with Crippen LogP contribution in [0.4, 0.5) is 14.5 Å². The van der Waals surface area contributed by atoms with Crippen LogP contribution < -0.4 is 5.32 Å². The molecule has 0 bridgehead atoms. The molecule has 4 rings (SSSR count). The summed E-state index contributed by atoms with van der Waals surface area (Å²) in [6, 6.07) is 11.7. The van der Waals surface area contributed by atoms with Gasteiger partial charge in [-0.3, -0.25) is 0 Å². The minimum atomic E-state index is -0.224. The van der Waals surface area contributed by atoms with Gasteiger partial charge >= 0.3 is 0 Å². The lowest BCUT2D eigenvalue weighted by Crippen LogP contribution is -2.29. The Morgan fingerprint density at radius 1 is 0.952 bits per heavy atom. The lowest BCUT2D eigenvalue weighted by molar-refractivity contribution is 0.423. The zero-order chi connectivity index (χ0) is 14.4. The van der Waals surface area contributed by atoms with E-state index < -0.39 is 0 Å². The van der Waals surface area contributed by atoms with E-state index in [-0.39, 0.29) is 23.6 Å². The number of benzene rings is 2. The van der Waals surface area contributed by atoms with E-state index in [0.717, 1.165) is 23.2 Å². The van der Waals surface area contributed by atoms with Gasteiger partial charge in [-0.25, -0.2) is 8.78 Å². The maximum absolute atomic E-state index is 13.5. The van der Waals surface area contributed by atoms with Crippen LogP contribution in [-0.4, -0.2) is 0 Å². The molecule has 3 atom stereocenters. The van der Waals surface area contributed by atoms with Gasteiger partial charge in [0.15, 0.2) is 0 Å². The molecule has 0 amide bonds. The molecule has 3 heteroatoms. The Labute approximate surface area is 122 Å². The van der Waals surface area contributed by atoms with Crippen molar-refractivity contribution in [3.63, 3.8) is 0 Å². The van der Waals surface area contributed by atoms with Gasteiger partial charge in [0.05, 0.1) is 6.04 Å². The van der Waals surface area contributed by atoms with Crippen LogP contribution >= 0.6 is 0 Å². The van der Waals surface area contributed by atoms with E-state index in [1.807, 2.05) is 12.1 Å². The summed E-state index contributed by atoms with van der Waals surface area (Å²) in [4.78, 5) is 0. The Morgan fingerprint density at radius 3 is 2.52 bits per heavy atom. The Morgan fingerprint density at radius 2 is 1.71 bits per heavy atom. The molecule has 2 aromatic carbocycles. The second kappa shape index (κ2) is 4.69. The highest BCUT2D eigenvalue weighted by Gasteiger charge is 2.37. The average Bonchev–Trinajstić information content (AvgIpc) is 2.97. The molecule has 0 unspecified atom stereocenters. The molecule has 0 radical (unpaired) electrons. The third-order valence-electron chi connectivity index (χ3n) is 4.55. The van der Waals surface area contributed by atoms with Gasteiger partial charge in [0, 0.05) is 11.6 Å². The predicted molar refractivity (Wildman–Crippen MR) is 79.2 cm³/mol. The normalized spacial score (nSPS) is 26.1. The molecule has 0 saturated heterocycles. The first-order chi connectivity index (χ1) is 10.2. The van der Waals surface area contributed by atoms with E-state index in [2.05, 4.69) is 17.5 Å². The fourth-order valence-corrected chi connectivity index (χ4v) is 3.57. The second-order valence-electron chi connectivity index (χ2n) is 5.76. The Kier molecular flexibility index (Phi) is 2.81. The first-order valence-corrected chi connectivity index (χ1v) is 7.20. The van der Waals surface area contributed by atoms with Gasteiger partial charge in [-0.1, -0.05) is 24.3 Å². The fraction of sp³-hybridized carbons (Fsp3) is 0.222. The SMILES string of the molecule is Fc1ccc([C@H]2Nc3ccc(F)cc3[C@H]3C=CC[C@@H]32)cc1. The van der Waals surface area contributed by atoms with Crippen LogP contribution in [0, 0.1) is 17.6 Å². The summed E-state index contributed by atoms with van der Waals surface area (Å²) in [6.07, 6.45) is 5.28. The number of rotatable bonds is 1. The summed E-state index contributed by atoms with van der Waals surface area (Å²) in [5.41, 5.74) is 3.07. The van der Waals surface area contributed by atoms with Gasteiger partial charge in [-0.05, 0) is 53.8 Å². The molecule has 0 fully saturated rings. The minimum Gasteiger partial charge on any atom is -0.378 e. The first kappa shape index (κ1) is 12.6. The molecule has 106 valence electrons. The van der Waals surface area contributed by atoms with E-state index in [0.29, 0.717) is 5.92 Å². The highest BCUT2D eigenvalue weighted by molar-refractivity contribution is 5.59. The Balaban J connectivity index is 1.78. The van der Waals surface area contributed by atoms with Crippen LogP contribution in [0.3, 0.4) is 0 Å². The molecule has 2 aliphatic rings. The van der Waals surface area contributed by atoms with Gasteiger partial charge in [-0.15, -0.1) is 0 Å². The van der Waals surface area contributed by atoms with Crippen molar-refractivity contribution in [2.24, 2.45) is 5.92 Å². The molecule has 1 heterocycles. The van der Waals surface area contributed by atoms with Crippen molar-refractivity contribution in [2.75, 3.05) is 5.32 Å². The minimum absolute atomic E-state index is 0.128. The maximum Gasteiger partial charge on any atom is 0.123 e. The summed E-state index contributed by atoms with van der Waals surface area (Å²) >= 11 is 0. The molecule has 2 aromatic rings. The smallest absolute Gasteiger partial charge is 0.123 e. The number of nitrogens with one attached hydrogen (secondary N) is 1. The van der Waals surface area contributed by atoms with Crippen molar-refractivity contribution in [1.29, 1.82) is 0 Å². The largest absolute Gasteiger partial charge is 0.378 e. The average molecular weight is 283 g/mol. The Hall–Kier alpha value is -2.16. The quantitative estimate of drug-likeness (QED) is 0.742. The molecule has 1 N–H and O–H groups in total. The van der Waals surface area contributed by atoms with E-state index in [9.17, 15) is 8.78 Å². The summed E-state index contributed by atoms with van der Waals surface area (Å²) in [5, 5.41) is 3.50. The zero-order valence-electron chi connectivity index (χ0n) is 11.4. The van der Waals surface area contributed by atoms with Crippen LogP contribution in [0.2, 0.25) is 0 Å². The summed E-state index contributed by atoms with van der Waals surface area (Å²) in [6.45, 7) is 0. The van der Waals surface area contributed by atoms with Crippen molar-refractivity contribution < 1.29 is 8.78 Å². The van der Waals surface area contributed by atoms with Gasteiger partial charge < -0.3 is 5.32 Å². The second-order valence-corrected chi connectivity index (χ2v) is 5.76. The van der Waals surface area contributed by atoms with Crippen LogP contribution in [0.5, 0.6) is 0 Å². The maximum atomic E-state index is 13.5. The zero-order valence-corrected chi connectivity index (χ0v) is 11.4. The fourth-order valence-electron chi connectivity index (χ4n) is 3.57. The number of halogens is 2. The van der Waals surface area contributed by atoms with Crippen LogP contribution in [0.1, 0.15) is 29.5 Å². The number of anilines is 1. The van der Waals surface area contributed by atoms with Crippen molar-refractivity contribution in [3.8, 4) is 0 Å². The third kappa shape index (κ3) is 2.04. The monoisotopic (exact) mass is 283 g/mol. The molecule has 1 aliphatic heterocycles. The number of allylic oxidation sites excluding steroid dienone is 2. The predicted octanol–water partition coefficient (Wildman–Crippen LogP) is 4.79. The van der Waals surface area contributed by atoms with Crippen LogP contribution in [0.15, 0.2) is 54.6 Å². The van der Waals surface area contributed by atoms with Crippen molar-refractivity contribution in [3.05, 3.63) is 77.4 Å². The molecule has 0 saturated carbocycles. The molecule has 1 aliphatic carbocycles. The number of fused-ring (bicyclic) bond motifs is 3. The molecule has 0 spiro atoms. The standard InChI is InChI=1S/C18H15F2N/c19-12-6-4-11(5-7-12)18-15-3-1-2-14(15)16-10-13(20)8-9-17(16)21-18/h1-2,4-10,14-15,18,21H,3H2/t14-,15-,18+/m0/s1. The number of hydrogen-bond donors (Lipinski definition) is 1. The molecule has 21 heavy (non-hydrogen) atoms. The van der Waals surface area contributed by atoms with Crippen molar-refractivity contribution in [1.82, 2.24) is 0 Å². The lowest BCUT2D eigenvalue weighted by atomic mass is 9.77. The topological polar surface area (TPSA) is 12.0 Å².